The lowest BCUT2D eigenvalue weighted by Crippen LogP contribution is -2.33. The maximum Gasteiger partial charge on any atom is 0.143 e. The van der Waals surface area contributed by atoms with Crippen LogP contribution in [0.15, 0.2) is 42.9 Å². The van der Waals surface area contributed by atoms with E-state index in [2.05, 4.69) is 29.2 Å². The minimum atomic E-state index is 0.326. The van der Waals surface area contributed by atoms with E-state index in [4.69, 9.17) is 37.7 Å². The van der Waals surface area contributed by atoms with Crippen molar-refractivity contribution in [3.8, 4) is 22.8 Å². The van der Waals surface area contributed by atoms with Gasteiger partial charge in [0.25, 0.3) is 0 Å². The van der Waals surface area contributed by atoms with Gasteiger partial charge >= 0.3 is 0 Å². The molecular weight excluding hydrogens is 487 g/mol. The second kappa shape index (κ2) is 10.7. The number of hydrogen-bond donors (Lipinski definition) is 1. The second-order valence-corrected chi connectivity index (χ2v) is 9.10. The van der Waals surface area contributed by atoms with E-state index in [0.29, 0.717) is 46.4 Å². The summed E-state index contributed by atoms with van der Waals surface area (Å²) in [7, 11) is 5.00. The Labute approximate surface area is 214 Å². The summed E-state index contributed by atoms with van der Waals surface area (Å²) < 4.78 is 12.7. The van der Waals surface area contributed by atoms with Crippen molar-refractivity contribution in [1.29, 1.82) is 0 Å². The van der Waals surface area contributed by atoms with Crippen molar-refractivity contribution < 1.29 is 9.47 Å². The van der Waals surface area contributed by atoms with Crippen LogP contribution in [0.2, 0.25) is 10.0 Å². The number of ether oxygens (including phenoxy) is 2. The van der Waals surface area contributed by atoms with Crippen LogP contribution in [-0.2, 0) is 7.05 Å². The molecule has 0 atom stereocenters. The number of methoxy groups -OCH3 is 2. The number of anilines is 2. The maximum absolute atomic E-state index is 6.79. The van der Waals surface area contributed by atoms with Crippen molar-refractivity contribution >= 4 is 45.6 Å². The van der Waals surface area contributed by atoms with Gasteiger partial charge in [0, 0.05) is 49.7 Å². The van der Waals surface area contributed by atoms with Gasteiger partial charge in [0.1, 0.15) is 21.5 Å². The van der Waals surface area contributed by atoms with Gasteiger partial charge < -0.3 is 19.7 Å². The molecule has 2 heterocycles. The molecule has 0 amide bonds. The van der Waals surface area contributed by atoms with E-state index >= 15 is 0 Å². The number of fused-ring (bicyclic) bond motifs is 1. The molecule has 0 unspecified atom stereocenters. The van der Waals surface area contributed by atoms with Gasteiger partial charge in [-0.3, -0.25) is 9.67 Å². The first-order valence-electron chi connectivity index (χ1n) is 11.2. The van der Waals surface area contributed by atoms with E-state index in [1.807, 2.05) is 36.3 Å². The number of hydrogen-bond acceptors (Lipinski definition) is 7. The first kappa shape index (κ1) is 25.0. The van der Waals surface area contributed by atoms with E-state index in [0.717, 1.165) is 28.0 Å². The SMILES string of the molecule is COc1cc(OC)c(Cl)c(N(CCNC(C)C)c2ccc3ncc(-c4cnn(C)c4)nc3c2)c1Cl. The molecule has 0 aliphatic carbocycles. The lowest BCUT2D eigenvalue weighted by atomic mass is 10.2. The molecule has 0 aliphatic heterocycles. The fourth-order valence-electron chi connectivity index (χ4n) is 3.80. The van der Waals surface area contributed by atoms with Crippen LogP contribution in [0, 0.1) is 0 Å². The molecule has 0 saturated heterocycles. The van der Waals surface area contributed by atoms with Crippen molar-refractivity contribution in [1.82, 2.24) is 25.1 Å². The van der Waals surface area contributed by atoms with Crippen LogP contribution >= 0.6 is 23.2 Å². The number of nitrogens with zero attached hydrogens (tertiary/aromatic N) is 5. The van der Waals surface area contributed by atoms with Gasteiger partial charge in [-0.05, 0) is 18.2 Å². The largest absolute Gasteiger partial charge is 0.495 e. The summed E-state index contributed by atoms with van der Waals surface area (Å²) in [4.78, 5) is 11.5. The average Bonchev–Trinajstić information content (AvgIpc) is 3.28. The minimum absolute atomic E-state index is 0.326. The molecule has 0 aliphatic rings. The lowest BCUT2D eigenvalue weighted by molar-refractivity contribution is 0.395. The Morgan fingerprint density at radius 2 is 1.74 bits per heavy atom. The summed E-state index contributed by atoms with van der Waals surface area (Å²) in [6.07, 6.45) is 5.43. The number of aromatic nitrogens is 4. The summed E-state index contributed by atoms with van der Waals surface area (Å²) in [6.45, 7) is 5.49. The van der Waals surface area contributed by atoms with Crippen molar-refractivity contribution in [2.75, 3.05) is 32.2 Å². The average molecular weight is 515 g/mol. The summed E-state index contributed by atoms with van der Waals surface area (Å²) in [5, 5.41) is 8.50. The Bertz CT molecular complexity index is 1310. The second-order valence-electron chi connectivity index (χ2n) is 8.35. The van der Waals surface area contributed by atoms with E-state index in [9.17, 15) is 0 Å². The molecule has 8 nitrogen and oxygen atoms in total. The van der Waals surface area contributed by atoms with Crippen LogP contribution in [0.4, 0.5) is 11.4 Å². The van der Waals surface area contributed by atoms with Crippen molar-refractivity contribution in [2.24, 2.45) is 7.05 Å². The van der Waals surface area contributed by atoms with E-state index in [-0.39, 0.29) is 0 Å². The number of halogens is 2. The molecule has 35 heavy (non-hydrogen) atoms. The Balaban J connectivity index is 1.84. The Morgan fingerprint density at radius 1 is 1.03 bits per heavy atom. The standard InChI is InChI=1S/C25H28Cl2N6O2/c1-15(2)28-8-9-33(25-23(26)21(34-4)11-22(35-5)24(25)27)17-6-7-18-19(10-17)31-20(13-29-18)16-12-30-32(3)14-16/h6-7,10-15,28H,8-9H2,1-5H3. The van der Waals surface area contributed by atoms with Crippen LogP contribution < -0.4 is 19.7 Å². The van der Waals surface area contributed by atoms with Gasteiger partial charge in [-0.2, -0.15) is 5.10 Å². The lowest BCUT2D eigenvalue weighted by Gasteiger charge is -2.29. The number of benzene rings is 2. The molecule has 1 N–H and O–H groups in total. The Morgan fingerprint density at radius 3 is 2.34 bits per heavy atom. The third-order valence-corrected chi connectivity index (χ3v) is 6.28. The molecule has 2 aromatic heterocycles. The number of aryl methyl sites for hydroxylation is 1. The zero-order chi connectivity index (χ0) is 25.1. The van der Waals surface area contributed by atoms with Crippen molar-refractivity contribution in [3.05, 3.63) is 52.9 Å². The summed E-state index contributed by atoms with van der Waals surface area (Å²) in [5.74, 6) is 0.952. The molecule has 0 radical (unpaired) electrons. The van der Waals surface area contributed by atoms with Crippen LogP contribution in [0.3, 0.4) is 0 Å². The molecule has 0 fully saturated rings. The van der Waals surface area contributed by atoms with Gasteiger partial charge in [0.05, 0.1) is 49.0 Å². The van der Waals surface area contributed by atoms with E-state index < -0.39 is 0 Å². The topological polar surface area (TPSA) is 77.3 Å². The molecule has 0 saturated carbocycles. The monoisotopic (exact) mass is 514 g/mol. The molecular formula is C25H28Cl2N6O2. The van der Waals surface area contributed by atoms with E-state index in [1.54, 1.807) is 37.4 Å². The summed E-state index contributed by atoms with van der Waals surface area (Å²) in [5.41, 5.74) is 4.63. The zero-order valence-corrected chi connectivity index (χ0v) is 21.9. The molecule has 4 aromatic rings. The first-order chi connectivity index (χ1) is 16.8. The third-order valence-electron chi connectivity index (χ3n) is 5.55. The normalized spacial score (nSPS) is 11.3. The van der Waals surface area contributed by atoms with Gasteiger partial charge in [-0.25, -0.2) is 4.98 Å². The quantitative estimate of drug-likeness (QED) is 0.316. The highest BCUT2D eigenvalue weighted by Gasteiger charge is 2.24. The highest BCUT2D eigenvalue weighted by atomic mass is 35.5. The summed E-state index contributed by atoms with van der Waals surface area (Å²) >= 11 is 13.6. The van der Waals surface area contributed by atoms with Gasteiger partial charge in [0.2, 0.25) is 0 Å². The number of nitrogens with one attached hydrogen (secondary N) is 1. The fourth-order valence-corrected chi connectivity index (χ4v) is 4.51. The van der Waals surface area contributed by atoms with Crippen LogP contribution in [-0.4, -0.2) is 53.1 Å². The molecule has 10 heteroatoms. The highest BCUT2D eigenvalue weighted by molar-refractivity contribution is 6.41. The van der Waals surface area contributed by atoms with Crippen LogP contribution in [0.5, 0.6) is 11.5 Å². The zero-order valence-electron chi connectivity index (χ0n) is 20.3. The molecule has 184 valence electrons. The van der Waals surface area contributed by atoms with Gasteiger partial charge in [-0.15, -0.1) is 0 Å². The Kier molecular flexibility index (Phi) is 7.64. The minimum Gasteiger partial charge on any atom is -0.495 e. The van der Waals surface area contributed by atoms with Crippen molar-refractivity contribution in [3.63, 3.8) is 0 Å². The molecule has 4 rings (SSSR count). The van der Waals surface area contributed by atoms with Gasteiger partial charge in [-0.1, -0.05) is 37.0 Å². The smallest absolute Gasteiger partial charge is 0.143 e. The fraction of sp³-hybridized carbons (Fsp3) is 0.320. The van der Waals surface area contributed by atoms with Crippen LogP contribution in [0.1, 0.15) is 13.8 Å². The predicted octanol–water partition coefficient (Wildman–Crippen LogP) is 5.49. The van der Waals surface area contributed by atoms with Crippen LogP contribution in [0.25, 0.3) is 22.3 Å². The Hall–Kier alpha value is -3.07. The maximum atomic E-state index is 6.79. The molecule has 0 bridgehead atoms. The van der Waals surface area contributed by atoms with E-state index in [1.165, 1.54) is 0 Å². The first-order valence-corrected chi connectivity index (χ1v) is 11.9. The molecule has 0 spiro atoms. The summed E-state index contributed by atoms with van der Waals surface area (Å²) in [6, 6.07) is 7.91. The molecule has 2 aromatic carbocycles. The third kappa shape index (κ3) is 5.29. The van der Waals surface area contributed by atoms with Crippen molar-refractivity contribution in [2.45, 2.75) is 19.9 Å². The van der Waals surface area contributed by atoms with Gasteiger partial charge in [0.15, 0.2) is 0 Å². The predicted molar refractivity (Wildman–Crippen MR) is 141 cm³/mol. The number of rotatable bonds is 9. The highest BCUT2D eigenvalue weighted by Crippen LogP contribution is 2.48.